The Balaban J connectivity index is 2.05. The molecule has 0 atom stereocenters. The lowest BCUT2D eigenvalue weighted by Gasteiger charge is -2.33. The lowest BCUT2D eigenvalue weighted by molar-refractivity contribution is 0.139. The van der Waals surface area contributed by atoms with Crippen LogP contribution in [0.3, 0.4) is 0 Å². The van der Waals surface area contributed by atoms with Gasteiger partial charge < -0.3 is 15.4 Å². The fourth-order valence-corrected chi connectivity index (χ4v) is 2.46. The standard InChI is InChI=1S/C13H20FN3O/c1-18-9-10-2-4-17(5-3-10)13-11(7-15)6-12(14)8-16-13/h6,8,10H,2-5,7,9,15H2,1H3. The summed E-state index contributed by atoms with van der Waals surface area (Å²) in [7, 11) is 1.74. The predicted octanol–water partition coefficient (Wildman–Crippen LogP) is 1.54. The van der Waals surface area contributed by atoms with Crippen LogP contribution in [0, 0.1) is 11.7 Å². The van der Waals surface area contributed by atoms with Crippen LogP contribution in [0.5, 0.6) is 0 Å². The molecule has 4 nitrogen and oxygen atoms in total. The van der Waals surface area contributed by atoms with E-state index in [1.165, 1.54) is 12.3 Å². The minimum atomic E-state index is -0.325. The zero-order chi connectivity index (χ0) is 13.0. The summed E-state index contributed by atoms with van der Waals surface area (Å²) < 4.78 is 18.3. The van der Waals surface area contributed by atoms with Gasteiger partial charge in [0.2, 0.25) is 0 Å². The smallest absolute Gasteiger partial charge is 0.141 e. The van der Waals surface area contributed by atoms with E-state index in [0.29, 0.717) is 12.5 Å². The number of methoxy groups -OCH3 is 1. The van der Waals surface area contributed by atoms with E-state index < -0.39 is 0 Å². The third-order valence-corrected chi connectivity index (χ3v) is 3.45. The number of anilines is 1. The molecule has 0 saturated carbocycles. The highest BCUT2D eigenvalue weighted by atomic mass is 19.1. The average Bonchev–Trinajstić information content (AvgIpc) is 2.40. The second-order valence-electron chi connectivity index (χ2n) is 4.73. The minimum absolute atomic E-state index is 0.318. The highest BCUT2D eigenvalue weighted by Crippen LogP contribution is 2.24. The zero-order valence-electron chi connectivity index (χ0n) is 10.7. The molecule has 0 spiro atoms. The van der Waals surface area contributed by atoms with Gasteiger partial charge in [-0.15, -0.1) is 0 Å². The minimum Gasteiger partial charge on any atom is -0.384 e. The van der Waals surface area contributed by atoms with E-state index in [0.717, 1.165) is 43.9 Å². The summed E-state index contributed by atoms with van der Waals surface area (Å²) in [4.78, 5) is 6.37. The third kappa shape index (κ3) is 2.97. The summed E-state index contributed by atoms with van der Waals surface area (Å²) in [6.07, 6.45) is 3.42. The molecular weight excluding hydrogens is 233 g/mol. The Morgan fingerprint density at radius 1 is 1.50 bits per heavy atom. The molecule has 0 unspecified atom stereocenters. The lowest BCUT2D eigenvalue weighted by atomic mass is 9.97. The first-order valence-corrected chi connectivity index (χ1v) is 6.33. The van der Waals surface area contributed by atoms with Crippen LogP contribution >= 0.6 is 0 Å². The van der Waals surface area contributed by atoms with Gasteiger partial charge in [-0.1, -0.05) is 0 Å². The molecule has 1 fully saturated rings. The largest absolute Gasteiger partial charge is 0.384 e. The SMILES string of the molecule is COCC1CCN(c2ncc(F)cc2CN)CC1. The van der Waals surface area contributed by atoms with Crippen LogP contribution in [-0.2, 0) is 11.3 Å². The Hall–Kier alpha value is -1.20. The van der Waals surface area contributed by atoms with Crippen LogP contribution in [0.25, 0.3) is 0 Å². The third-order valence-electron chi connectivity index (χ3n) is 3.45. The van der Waals surface area contributed by atoms with Gasteiger partial charge in [-0.2, -0.15) is 0 Å². The number of hydrogen-bond donors (Lipinski definition) is 1. The summed E-state index contributed by atoms with van der Waals surface area (Å²) in [5.41, 5.74) is 6.43. The fraction of sp³-hybridized carbons (Fsp3) is 0.615. The van der Waals surface area contributed by atoms with Crippen molar-refractivity contribution in [3.8, 4) is 0 Å². The predicted molar refractivity (Wildman–Crippen MR) is 68.9 cm³/mol. The second-order valence-corrected chi connectivity index (χ2v) is 4.73. The van der Waals surface area contributed by atoms with Crippen molar-refractivity contribution >= 4 is 5.82 Å². The first-order valence-electron chi connectivity index (χ1n) is 6.33. The normalized spacial score (nSPS) is 17.2. The molecule has 1 aromatic heterocycles. The molecule has 1 aliphatic heterocycles. The fourth-order valence-electron chi connectivity index (χ4n) is 2.46. The summed E-state index contributed by atoms with van der Waals surface area (Å²) in [6.45, 7) is 2.99. The number of pyridine rings is 1. The Morgan fingerprint density at radius 3 is 2.83 bits per heavy atom. The number of halogens is 1. The van der Waals surface area contributed by atoms with E-state index in [9.17, 15) is 4.39 Å². The zero-order valence-corrected chi connectivity index (χ0v) is 10.7. The molecule has 2 rings (SSSR count). The van der Waals surface area contributed by atoms with Crippen LogP contribution in [0.4, 0.5) is 10.2 Å². The topological polar surface area (TPSA) is 51.4 Å². The summed E-state index contributed by atoms with van der Waals surface area (Å²) >= 11 is 0. The van der Waals surface area contributed by atoms with Crippen LogP contribution in [0.2, 0.25) is 0 Å². The number of rotatable bonds is 4. The maximum absolute atomic E-state index is 13.1. The summed E-state index contributed by atoms with van der Waals surface area (Å²) in [6, 6.07) is 1.48. The molecule has 100 valence electrons. The molecular formula is C13H20FN3O. The highest BCUT2D eigenvalue weighted by molar-refractivity contribution is 5.47. The van der Waals surface area contributed by atoms with Crippen LogP contribution < -0.4 is 10.6 Å². The van der Waals surface area contributed by atoms with Gasteiger partial charge in [-0.05, 0) is 24.8 Å². The van der Waals surface area contributed by atoms with Crippen LogP contribution in [-0.4, -0.2) is 31.8 Å². The summed E-state index contributed by atoms with van der Waals surface area (Å²) in [5, 5.41) is 0. The number of nitrogens with two attached hydrogens (primary N) is 1. The van der Waals surface area contributed by atoms with Gasteiger partial charge in [0, 0.05) is 38.9 Å². The highest BCUT2D eigenvalue weighted by Gasteiger charge is 2.21. The second kappa shape index (κ2) is 6.11. The van der Waals surface area contributed by atoms with Crippen molar-refractivity contribution in [2.24, 2.45) is 11.7 Å². The molecule has 1 saturated heterocycles. The van der Waals surface area contributed by atoms with E-state index in [4.69, 9.17) is 10.5 Å². The molecule has 0 aromatic carbocycles. The first-order chi connectivity index (χ1) is 8.74. The molecule has 1 aliphatic rings. The van der Waals surface area contributed by atoms with E-state index >= 15 is 0 Å². The van der Waals surface area contributed by atoms with E-state index in [1.54, 1.807) is 7.11 Å². The van der Waals surface area contributed by atoms with Gasteiger partial charge >= 0.3 is 0 Å². The van der Waals surface area contributed by atoms with Gasteiger partial charge in [-0.3, -0.25) is 0 Å². The number of aromatic nitrogens is 1. The molecule has 0 amide bonds. The van der Waals surface area contributed by atoms with Crippen LogP contribution in [0.15, 0.2) is 12.3 Å². The molecule has 0 bridgehead atoms. The van der Waals surface area contributed by atoms with E-state index in [2.05, 4.69) is 9.88 Å². The Kier molecular flexibility index (Phi) is 4.49. The lowest BCUT2D eigenvalue weighted by Crippen LogP contribution is -2.36. The van der Waals surface area contributed by atoms with Crippen molar-refractivity contribution < 1.29 is 9.13 Å². The summed E-state index contributed by atoms with van der Waals surface area (Å²) in [5.74, 6) is 1.12. The van der Waals surface area contributed by atoms with Gasteiger partial charge in [-0.25, -0.2) is 9.37 Å². The van der Waals surface area contributed by atoms with Crippen molar-refractivity contribution in [1.29, 1.82) is 0 Å². The molecule has 0 aliphatic carbocycles. The Morgan fingerprint density at radius 2 is 2.22 bits per heavy atom. The van der Waals surface area contributed by atoms with Crippen molar-refractivity contribution in [2.75, 3.05) is 31.7 Å². The molecule has 5 heteroatoms. The molecule has 18 heavy (non-hydrogen) atoms. The van der Waals surface area contributed by atoms with Gasteiger partial charge in [0.15, 0.2) is 0 Å². The molecule has 2 N–H and O–H groups in total. The van der Waals surface area contributed by atoms with Gasteiger partial charge in [0.25, 0.3) is 0 Å². The van der Waals surface area contributed by atoms with Gasteiger partial charge in [0.05, 0.1) is 6.20 Å². The van der Waals surface area contributed by atoms with E-state index in [1.807, 2.05) is 0 Å². The van der Waals surface area contributed by atoms with Crippen molar-refractivity contribution in [3.63, 3.8) is 0 Å². The van der Waals surface area contributed by atoms with Crippen molar-refractivity contribution in [3.05, 3.63) is 23.6 Å². The maximum atomic E-state index is 13.1. The number of hydrogen-bond acceptors (Lipinski definition) is 4. The van der Waals surface area contributed by atoms with Gasteiger partial charge in [0.1, 0.15) is 11.6 Å². The monoisotopic (exact) mass is 253 g/mol. The van der Waals surface area contributed by atoms with Crippen molar-refractivity contribution in [1.82, 2.24) is 4.98 Å². The quantitative estimate of drug-likeness (QED) is 0.884. The first kappa shape index (κ1) is 13.2. The Bertz CT molecular complexity index is 392. The molecule has 2 heterocycles. The van der Waals surface area contributed by atoms with E-state index in [-0.39, 0.29) is 5.82 Å². The molecule has 1 aromatic rings. The number of ether oxygens (including phenoxy) is 1. The maximum Gasteiger partial charge on any atom is 0.141 e. The number of nitrogens with zero attached hydrogens (tertiary/aromatic N) is 2. The number of piperidine rings is 1. The molecule has 0 radical (unpaired) electrons. The van der Waals surface area contributed by atoms with Crippen molar-refractivity contribution in [2.45, 2.75) is 19.4 Å². The average molecular weight is 253 g/mol. The van der Waals surface area contributed by atoms with Crippen LogP contribution in [0.1, 0.15) is 18.4 Å². The Labute approximate surface area is 107 Å².